The van der Waals surface area contributed by atoms with Crippen LogP contribution in [0.4, 0.5) is 0 Å². The SMILES string of the molecule is c1ccc(-c2cc(-c3ccccc3)nc(-c3cccc4c3-c3ccccc3C43c4ccccc4-c4nc(-c5ccccc5)c5ccccc5c43)n2)cc1. The van der Waals surface area contributed by atoms with E-state index in [2.05, 4.69) is 176 Å². The Morgan fingerprint density at radius 1 is 0.340 bits per heavy atom. The number of aromatic nitrogens is 3. The number of nitrogens with zero attached hydrogens (tertiary/aromatic N) is 3. The molecule has 9 aromatic rings. The summed E-state index contributed by atoms with van der Waals surface area (Å²) in [6, 6.07) is 66.9. The van der Waals surface area contributed by atoms with Gasteiger partial charge in [-0.25, -0.2) is 15.0 Å². The highest BCUT2D eigenvalue weighted by molar-refractivity contribution is 6.07. The zero-order valence-corrected chi connectivity index (χ0v) is 28.7. The van der Waals surface area contributed by atoms with Gasteiger partial charge in [0.15, 0.2) is 5.82 Å². The van der Waals surface area contributed by atoms with Crippen molar-refractivity contribution < 1.29 is 0 Å². The van der Waals surface area contributed by atoms with Gasteiger partial charge in [-0.05, 0) is 39.3 Å². The number of rotatable bonds is 4. The summed E-state index contributed by atoms with van der Waals surface area (Å²) in [6.07, 6.45) is 0. The molecule has 0 aliphatic heterocycles. The molecule has 1 spiro atoms. The minimum Gasteiger partial charge on any atom is -0.247 e. The average Bonchev–Trinajstić information content (AvgIpc) is 3.71. The molecule has 1 atom stereocenters. The first-order valence-corrected chi connectivity index (χ1v) is 18.1. The molecule has 0 N–H and O–H groups in total. The Bertz CT molecular complexity index is 2820. The summed E-state index contributed by atoms with van der Waals surface area (Å²) >= 11 is 0. The predicted octanol–water partition coefficient (Wildman–Crippen LogP) is 12.0. The predicted molar refractivity (Wildman–Crippen MR) is 215 cm³/mol. The van der Waals surface area contributed by atoms with Gasteiger partial charge in [0, 0.05) is 38.8 Å². The Morgan fingerprint density at radius 3 is 1.49 bits per heavy atom. The molecule has 53 heavy (non-hydrogen) atoms. The van der Waals surface area contributed by atoms with E-state index in [-0.39, 0.29) is 0 Å². The summed E-state index contributed by atoms with van der Waals surface area (Å²) < 4.78 is 0. The number of hydrogen-bond donors (Lipinski definition) is 0. The smallest absolute Gasteiger partial charge is 0.161 e. The van der Waals surface area contributed by atoms with Crippen molar-refractivity contribution in [2.45, 2.75) is 5.41 Å². The summed E-state index contributed by atoms with van der Waals surface area (Å²) in [5, 5.41) is 2.37. The second-order valence-corrected chi connectivity index (χ2v) is 13.9. The zero-order valence-electron chi connectivity index (χ0n) is 28.7. The molecule has 0 amide bonds. The Labute approximate surface area is 308 Å². The highest BCUT2D eigenvalue weighted by atomic mass is 14.9. The third-order valence-electron chi connectivity index (χ3n) is 11.1. The zero-order chi connectivity index (χ0) is 34.9. The van der Waals surface area contributed by atoms with Crippen molar-refractivity contribution >= 4 is 10.8 Å². The third kappa shape index (κ3) is 4.25. The maximum absolute atomic E-state index is 5.60. The number of pyridine rings is 1. The van der Waals surface area contributed by atoms with Crippen LogP contribution in [-0.4, -0.2) is 15.0 Å². The van der Waals surface area contributed by atoms with E-state index < -0.39 is 5.41 Å². The molecule has 0 saturated heterocycles. The van der Waals surface area contributed by atoms with E-state index in [1.54, 1.807) is 0 Å². The van der Waals surface area contributed by atoms with Crippen LogP contribution >= 0.6 is 0 Å². The van der Waals surface area contributed by atoms with Crippen molar-refractivity contribution in [1.29, 1.82) is 0 Å². The van der Waals surface area contributed by atoms with Crippen LogP contribution in [0.3, 0.4) is 0 Å². The number of fused-ring (bicyclic) bond motifs is 12. The molecule has 3 nitrogen and oxygen atoms in total. The van der Waals surface area contributed by atoms with Crippen molar-refractivity contribution in [3.05, 3.63) is 210 Å². The van der Waals surface area contributed by atoms with Gasteiger partial charge in [0.1, 0.15) is 0 Å². The van der Waals surface area contributed by atoms with Crippen molar-refractivity contribution in [3.8, 4) is 67.5 Å². The van der Waals surface area contributed by atoms with Gasteiger partial charge < -0.3 is 0 Å². The van der Waals surface area contributed by atoms with Crippen LogP contribution in [0.1, 0.15) is 22.3 Å². The fourth-order valence-electron chi connectivity index (χ4n) is 8.96. The summed E-state index contributed by atoms with van der Waals surface area (Å²) in [5.74, 6) is 0.711. The summed E-state index contributed by atoms with van der Waals surface area (Å²) in [4.78, 5) is 16.3. The lowest BCUT2D eigenvalue weighted by molar-refractivity contribution is 0.799. The second kappa shape index (κ2) is 11.5. The molecule has 3 heteroatoms. The van der Waals surface area contributed by atoms with E-state index in [4.69, 9.17) is 15.0 Å². The van der Waals surface area contributed by atoms with Gasteiger partial charge in [0.2, 0.25) is 0 Å². The summed E-state index contributed by atoms with van der Waals surface area (Å²) in [5.41, 5.74) is 16.0. The van der Waals surface area contributed by atoms with Crippen LogP contribution in [0.25, 0.3) is 78.3 Å². The standard InChI is InChI=1S/C50H31N3/c1-4-17-32(18-5-1)43-31-44(33-19-6-2-7-20-33)52-49(51-43)39-27-16-30-42-45(39)37-25-12-14-28-40(37)50(42)41-29-15-13-26-38(41)48-46(50)35-23-10-11-24-36(35)47(53-48)34-21-8-3-9-22-34/h1-31H. The quantitative estimate of drug-likeness (QED) is 0.187. The van der Waals surface area contributed by atoms with Crippen molar-refractivity contribution in [2.75, 3.05) is 0 Å². The average molecular weight is 674 g/mol. The molecule has 2 heterocycles. The van der Waals surface area contributed by atoms with E-state index in [1.165, 1.54) is 44.3 Å². The lowest BCUT2D eigenvalue weighted by Gasteiger charge is -2.31. The minimum atomic E-state index is -0.588. The molecule has 11 rings (SSSR count). The second-order valence-electron chi connectivity index (χ2n) is 13.9. The first-order chi connectivity index (χ1) is 26.3. The molecular weight excluding hydrogens is 643 g/mol. The molecule has 0 bridgehead atoms. The number of hydrogen-bond acceptors (Lipinski definition) is 3. The molecule has 0 saturated carbocycles. The third-order valence-corrected chi connectivity index (χ3v) is 11.1. The highest BCUT2D eigenvalue weighted by Crippen LogP contribution is 2.65. The van der Waals surface area contributed by atoms with Crippen molar-refractivity contribution in [1.82, 2.24) is 15.0 Å². The first-order valence-electron chi connectivity index (χ1n) is 18.1. The number of benzene rings is 7. The first kappa shape index (κ1) is 29.7. The Hall–Kier alpha value is -6.97. The molecule has 0 fully saturated rings. The van der Waals surface area contributed by atoms with E-state index >= 15 is 0 Å². The molecule has 2 aliphatic rings. The summed E-state index contributed by atoms with van der Waals surface area (Å²) in [6.45, 7) is 0. The molecule has 246 valence electrons. The van der Waals surface area contributed by atoms with Crippen LogP contribution in [0, 0.1) is 0 Å². The van der Waals surface area contributed by atoms with Gasteiger partial charge in [-0.3, -0.25) is 0 Å². The molecular formula is C50H31N3. The minimum absolute atomic E-state index is 0.588. The molecule has 7 aromatic carbocycles. The molecule has 0 radical (unpaired) electrons. The van der Waals surface area contributed by atoms with Crippen LogP contribution in [0.2, 0.25) is 0 Å². The highest BCUT2D eigenvalue weighted by Gasteiger charge is 2.54. The van der Waals surface area contributed by atoms with Crippen LogP contribution in [-0.2, 0) is 5.41 Å². The maximum Gasteiger partial charge on any atom is 0.161 e. The van der Waals surface area contributed by atoms with Gasteiger partial charge in [-0.2, -0.15) is 0 Å². The Kier molecular flexibility index (Phi) is 6.47. The van der Waals surface area contributed by atoms with Gasteiger partial charge >= 0.3 is 0 Å². The fourth-order valence-corrected chi connectivity index (χ4v) is 8.96. The van der Waals surface area contributed by atoms with E-state index in [9.17, 15) is 0 Å². The molecule has 2 aromatic heterocycles. The fraction of sp³-hybridized carbons (Fsp3) is 0.0200. The van der Waals surface area contributed by atoms with E-state index in [1.807, 2.05) is 12.1 Å². The lowest BCUT2D eigenvalue weighted by Crippen LogP contribution is -2.26. The van der Waals surface area contributed by atoms with Crippen LogP contribution in [0.15, 0.2) is 188 Å². The van der Waals surface area contributed by atoms with Crippen LogP contribution < -0.4 is 0 Å². The van der Waals surface area contributed by atoms with E-state index in [0.717, 1.165) is 50.4 Å². The normalized spacial score (nSPS) is 14.9. The summed E-state index contributed by atoms with van der Waals surface area (Å²) in [7, 11) is 0. The van der Waals surface area contributed by atoms with Crippen molar-refractivity contribution in [3.63, 3.8) is 0 Å². The van der Waals surface area contributed by atoms with Gasteiger partial charge in [-0.15, -0.1) is 0 Å². The Morgan fingerprint density at radius 2 is 0.830 bits per heavy atom. The van der Waals surface area contributed by atoms with E-state index in [0.29, 0.717) is 5.82 Å². The molecule has 2 aliphatic carbocycles. The Balaban J connectivity index is 1.24. The van der Waals surface area contributed by atoms with Gasteiger partial charge in [0.05, 0.1) is 28.2 Å². The van der Waals surface area contributed by atoms with Crippen LogP contribution in [0.5, 0.6) is 0 Å². The largest absolute Gasteiger partial charge is 0.247 e. The lowest BCUT2D eigenvalue weighted by atomic mass is 9.69. The van der Waals surface area contributed by atoms with Gasteiger partial charge in [0.25, 0.3) is 0 Å². The maximum atomic E-state index is 5.60. The van der Waals surface area contributed by atoms with Crippen molar-refractivity contribution in [2.24, 2.45) is 0 Å². The topological polar surface area (TPSA) is 38.7 Å². The monoisotopic (exact) mass is 673 g/mol. The molecule has 1 unspecified atom stereocenters. The van der Waals surface area contributed by atoms with Gasteiger partial charge in [-0.1, -0.05) is 182 Å².